The van der Waals surface area contributed by atoms with Crippen LogP contribution >= 0.6 is 0 Å². The van der Waals surface area contributed by atoms with Crippen LogP contribution in [0.15, 0.2) is 34.9 Å². The predicted octanol–water partition coefficient (Wildman–Crippen LogP) is 2.63. The minimum absolute atomic E-state index is 0.0633. The first-order chi connectivity index (χ1) is 9.74. The van der Waals surface area contributed by atoms with E-state index in [0.717, 1.165) is 24.2 Å². The largest absolute Gasteiger partial charge is 0.493 e. The number of para-hydroxylation sites is 1. The van der Waals surface area contributed by atoms with Crippen LogP contribution in [0.1, 0.15) is 40.7 Å². The van der Waals surface area contributed by atoms with E-state index in [-0.39, 0.29) is 17.7 Å². The van der Waals surface area contributed by atoms with Gasteiger partial charge in [0.2, 0.25) is 5.76 Å². The summed E-state index contributed by atoms with van der Waals surface area (Å²) < 4.78 is 10.7. The Morgan fingerprint density at radius 3 is 3.05 bits per heavy atom. The van der Waals surface area contributed by atoms with Crippen molar-refractivity contribution in [2.45, 2.75) is 25.8 Å². The number of carbonyl (C=O) groups excluding carboxylic acids is 1. The zero-order valence-electron chi connectivity index (χ0n) is 11.3. The third-order valence-corrected chi connectivity index (χ3v) is 3.35. The average molecular weight is 272 g/mol. The summed E-state index contributed by atoms with van der Waals surface area (Å²) in [5.41, 5.74) is 1.70. The molecule has 1 aromatic heterocycles. The lowest BCUT2D eigenvalue weighted by Crippen LogP contribution is -2.28. The van der Waals surface area contributed by atoms with Crippen molar-refractivity contribution in [2.75, 3.05) is 6.61 Å². The Morgan fingerprint density at radius 1 is 1.40 bits per heavy atom. The Labute approximate surface area is 116 Å². The summed E-state index contributed by atoms with van der Waals surface area (Å²) in [7, 11) is 0. The van der Waals surface area contributed by atoms with Gasteiger partial charge in [-0.15, -0.1) is 0 Å². The van der Waals surface area contributed by atoms with E-state index in [1.165, 1.54) is 0 Å². The smallest absolute Gasteiger partial charge is 0.290 e. The van der Waals surface area contributed by atoms with E-state index in [0.29, 0.717) is 12.3 Å². The van der Waals surface area contributed by atoms with Crippen molar-refractivity contribution >= 4 is 5.91 Å². The van der Waals surface area contributed by atoms with Crippen molar-refractivity contribution < 1.29 is 14.1 Å². The molecule has 1 amide bonds. The van der Waals surface area contributed by atoms with Crippen molar-refractivity contribution in [1.29, 1.82) is 0 Å². The lowest BCUT2D eigenvalue weighted by atomic mass is 10.0. The number of carbonyl (C=O) groups is 1. The average Bonchev–Trinajstić information content (AvgIpc) is 2.79. The summed E-state index contributed by atoms with van der Waals surface area (Å²) in [6.45, 7) is 2.46. The minimum atomic E-state index is -0.243. The number of aromatic nitrogens is 1. The highest BCUT2D eigenvalue weighted by Gasteiger charge is 2.23. The molecule has 1 atom stereocenters. The molecule has 5 nitrogen and oxygen atoms in total. The van der Waals surface area contributed by atoms with Gasteiger partial charge in [0.25, 0.3) is 5.91 Å². The lowest BCUT2D eigenvalue weighted by molar-refractivity contribution is 0.0897. The predicted molar refractivity (Wildman–Crippen MR) is 72.6 cm³/mol. The van der Waals surface area contributed by atoms with Crippen molar-refractivity contribution in [1.82, 2.24) is 10.5 Å². The molecule has 3 rings (SSSR count). The first kappa shape index (κ1) is 12.7. The standard InChI is InChI=1S/C15H16N2O3/c1-10-9-14(20-17-10)15(18)16-12-6-4-8-19-13-7-3-2-5-11(12)13/h2-3,5,7,9,12H,4,6,8H2,1H3,(H,16,18)/t12-/m0/s1. The second kappa shape index (κ2) is 5.36. The highest BCUT2D eigenvalue weighted by Crippen LogP contribution is 2.31. The van der Waals surface area contributed by atoms with Gasteiger partial charge in [-0.05, 0) is 25.8 Å². The summed E-state index contributed by atoms with van der Waals surface area (Å²) in [4.78, 5) is 12.2. The summed E-state index contributed by atoms with van der Waals surface area (Å²) >= 11 is 0. The molecule has 104 valence electrons. The van der Waals surface area contributed by atoms with Gasteiger partial charge in [-0.3, -0.25) is 4.79 Å². The van der Waals surface area contributed by atoms with Crippen LogP contribution in [0.25, 0.3) is 0 Å². The zero-order valence-corrected chi connectivity index (χ0v) is 11.3. The topological polar surface area (TPSA) is 64.4 Å². The monoisotopic (exact) mass is 272 g/mol. The summed E-state index contributed by atoms with van der Waals surface area (Å²) in [5, 5.41) is 6.73. The molecule has 0 saturated carbocycles. The van der Waals surface area contributed by atoms with Crippen molar-refractivity contribution in [2.24, 2.45) is 0 Å². The Kier molecular flexibility index (Phi) is 3.41. The van der Waals surface area contributed by atoms with Crippen LogP contribution in [0.5, 0.6) is 5.75 Å². The number of rotatable bonds is 2. The maximum Gasteiger partial charge on any atom is 0.290 e. The molecule has 2 aromatic rings. The minimum Gasteiger partial charge on any atom is -0.493 e. The second-order valence-corrected chi connectivity index (χ2v) is 4.89. The van der Waals surface area contributed by atoms with Gasteiger partial charge in [-0.1, -0.05) is 23.4 Å². The molecule has 0 unspecified atom stereocenters. The van der Waals surface area contributed by atoms with Crippen LogP contribution < -0.4 is 10.1 Å². The van der Waals surface area contributed by atoms with Gasteiger partial charge < -0.3 is 14.6 Å². The molecule has 1 aliphatic heterocycles. The highest BCUT2D eigenvalue weighted by molar-refractivity contribution is 5.91. The molecule has 2 heterocycles. The van der Waals surface area contributed by atoms with Crippen molar-refractivity contribution in [3.8, 4) is 5.75 Å². The van der Waals surface area contributed by atoms with Crippen LogP contribution in [0.2, 0.25) is 0 Å². The quantitative estimate of drug-likeness (QED) is 0.912. The van der Waals surface area contributed by atoms with E-state index in [4.69, 9.17) is 9.26 Å². The number of hydrogen-bond donors (Lipinski definition) is 1. The molecule has 0 spiro atoms. The van der Waals surface area contributed by atoms with Crippen molar-refractivity contribution in [3.05, 3.63) is 47.3 Å². The second-order valence-electron chi connectivity index (χ2n) is 4.89. The Bertz CT molecular complexity index is 621. The van der Waals surface area contributed by atoms with E-state index < -0.39 is 0 Å². The molecule has 1 aliphatic rings. The number of fused-ring (bicyclic) bond motifs is 1. The molecule has 0 radical (unpaired) electrons. The van der Waals surface area contributed by atoms with Crippen LogP contribution in [-0.2, 0) is 0 Å². The Hall–Kier alpha value is -2.30. The number of ether oxygens (including phenoxy) is 1. The van der Waals surface area contributed by atoms with Gasteiger partial charge in [0.15, 0.2) is 0 Å². The van der Waals surface area contributed by atoms with Crippen LogP contribution in [0, 0.1) is 6.92 Å². The molecule has 5 heteroatoms. The molecule has 1 N–H and O–H groups in total. The highest BCUT2D eigenvalue weighted by atomic mass is 16.5. The first-order valence-corrected chi connectivity index (χ1v) is 6.70. The number of nitrogens with one attached hydrogen (secondary N) is 1. The van der Waals surface area contributed by atoms with Gasteiger partial charge in [0.1, 0.15) is 5.75 Å². The Balaban J connectivity index is 1.82. The maximum atomic E-state index is 12.2. The van der Waals surface area contributed by atoms with E-state index in [9.17, 15) is 4.79 Å². The summed E-state index contributed by atoms with van der Waals surface area (Å²) in [6, 6.07) is 9.37. The lowest BCUT2D eigenvalue weighted by Gasteiger charge is -2.17. The fourth-order valence-electron chi connectivity index (χ4n) is 2.37. The van der Waals surface area contributed by atoms with E-state index >= 15 is 0 Å². The van der Waals surface area contributed by atoms with Gasteiger partial charge in [0.05, 0.1) is 18.3 Å². The van der Waals surface area contributed by atoms with Gasteiger partial charge in [-0.2, -0.15) is 0 Å². The maximum absolute atomic E-state index is 12.2. The molecule has 0 fully saturated rings. The number of aryl methyl sites for hydroxylation is 1. The Morgan fingerprint density at radius 2 is 2.25 bits per heavy atom. The van der Waals surface area contributed by atoms with Gasteiger partial charge >= 0.3 is 0 Å². The molecule has 1 aromatic carbocycles. The SMILES string of the molecule is Cc1cc(C(=O)N[C@H]2CCCOc3ccccc32)on1. The number of benzene rings is 1. The number of nitrogens with zero attached hydrogens (tertiary/aromatic N) is 1. The third-order valence-electron chi connectivity index (χ3n) is 3.35. The van der Waals surface area contributed by atoms with Crippen LogP contribution in [-0.4, -0.2) is 17.7 Å². The first-order valence-electron chi connectivity index (χ1n) is 6.70. The third kappa shape index (κ3) is 2.52. The van der Waals surface area contributed by atoms with E-state index in [1.807, 2.05) is 24.3 Å². The summed E-state index contributed by atoms with van der Waals surface area (Å²) in [6.07, 6.45) is 1.74. The molecule has 20 heavy (non-hydrogen) atoms. The van der Waals surface area contributed by atoms with Crippen molar-refractivity contribution in [3.63, 3.8) is 0 Å². The van der Waals surface area contributed by atoms with E-state index in [2.05, 4.69) is 10.5 Å². The molecular formula is C15H16N2O3. The zero-order chi connectivity index (χ0) is 13.9. The molecular weight excluding hydrogens is 256 g/mol. The number of amides is 1. The fourth-order valence-corrected chi connectivity index (χ4v) is 2.37. The molecule has 0 bridgehead atoms. The number of hydrogen-bond acceptors (Lipinski definition) is 4. The van der Waals surface area contributed by atoms with E-state index in [1.54, 1.807) is 13.0 Å². The van der Waals surface area contributed by atoms with Crippen LogP contribution in [0.4, 0.5) is 0 Å². The fraction of sp³-hybridized carbons (Fsp3) is 0.333. The summed E-state index contributed by atoms with van der Waals surface area (Å²) in [5.74, 6) is 0.835. The normalized spacial score (nSPS) is 17.8. The molecule has 0 saturated heterocycles. The van der Waals surface area contributed by atoms with Crippen LogP contribution in [0.3, 0.4) is 0 Å². The van der Waals surface area contributed by atoms with Gasteiger partial charge in [-0.25, -0.2) is 0 Å². The molecule has 0 aliphatic carbocycles. The van der Waals surface area contributed by atoms with Gasteiger partial charge in [0, 0.05) is 11.6 Å².